The van der Waals surface area contributed by atoms with E-state index < -0.39 is 0 Å². The molecule has 0 saturated carbocycles. The lowest BCUT2D eigenvalue weighted by atomic mass is 9.75. The van der Waals surface area contributed by atoms with Crippen molar-refractivity contribution in [3.05, 3.63) is 88.7 Å². The third-order valence-corrected chi connectivity index (χ3v) is 6.94. The van der Waals surface area contributed by atoms with Crippen LogP contribution in [0.2, 0.25) is 0 Å². The molecule has 0 bridgehead atoms. The fourth-order valence-corrected chi connectivity index (χ4v) is 5.33. The van der Waals surface area contributed by atoms with Gasteiger partial charge in [-0.1, -0.05) is 74.5 Å². The highest BCUT2D eigenvalue weighted by molar-refractivity contribution is 6.00. The molecule has 0 spiro atoms. The van der Waals surface area contributed by atoms with Crippen molar-refractivity contribution in [2.24, 2.45) is 5.41 Å². The van der Waals surface area contributed by atoms with Crippen LogP contribution in [0.1, 0.15) is 72.0 Å². The van der Waals surface area contributed by atoms with Gasteiger partial charge in [0.05, 0.1) is 29.5 Å². The second kappa shape index (κ2) is 9.09. The van der Waals surface area contributed by atoms with Gasteiger partial charge in [-0.3, -0.25) is 9.48 Å². The highest BCUT2D eigenvalue weighted by Gasteiger charge is 2.41. The maximum atomic E-state index is 13.4. The molecule has 0 radical (unpaired) electrons. The number of ketones is 1. The molecule has 1 saturated heterocycles. The molecule has 1 fully saturated rings. The molecule has 6 heteroatoms. The van der Waals surface area contributed by atoms with E-state index in [1.165, 1.54) is 0 Å². The number of nitrogens with one attached hydrogen (secondary N) is 1. The SMILES string of the molecule is CC1(C)CC(=O)c2c([C@H]3CCCN3C(=O)NCc3ccccc3)nn(Cc3ccccc3)c2C1. The summed E-state index contributed by atoms with van der Waals surface area (Å²) in [6.07, 6.45) is 3.05. The fourth-order valence-electron chi connectivity index (χ4n) is 5.33. The first-order valence-corrected chi connectivity index (χ1v) is 12.2. The number of amides is 2. The van der Waals surface area contributed by atoms with Crippen LogP contribution in [-0.2, 0) is 19.5 Å². The number of carbonyl (C=O) groups excluding carboxylic acids is 2. The molecule has 2 heterocycles. The molecular weight excluding hydrogens is 424 g/mol. The standard InChI is InChI=1S/C28H32N4O2/c1-28(2)16-23-25(24(33)17-28)26(30-32(23)19-21-12-7-4-8-13-21)22-14-9-15-31(22)27(34)29-18-20-10-5-3-6-11-20/h3-8,10-13,22H,9,14-19H2,1-2H3,(H,29,34)/t22-/m1/s1. The quantitative estimate of drug-likeness (QED) is 0.579. The fraction of sp³-hybridized carbons (Fsp3) is 0.393. The normalized spacial score (nSPS) is 19.2. The van der Waals surface area contributed by atoms with Crippen molar-refractivity contribution in [3.63, 3.8) is 0 Å². The van der Waals surface area contributed by atoms with Gasteiger partial charge >= 0.3 is 6.03 Å². The number of Topliss-reactive ketones (excluding diaryl/α,β-unsaturated/α-hetero) is 1. The number of benzene rings is 2. The number of urea groups is 1. The van der Waals surface area contributed by atoms with Gasteiger partial charge in [0.1, 0.15) is 0 Å². The molecule has 1 aliphatic carbocycles. The molecule has 6 nitrogen and oxygen atoms in total. The van der Waals surface area contributed by atoms with E-state index >= 15 is 0 Å². The van der Waals surface area contributed by atoms with Crippen molar-refractivity contribution in [3.8, 4) is 0 Å². The van der Waals surface area contributed by atoms with Crippen LogP contribution in [-0.4, -0.2) is 33.0 Å². The Kier molecular flexibility index (Phi) is 5.98. The van der Waals surface area contributed by atoms with Gasteiger partial charge in [-0.15, -0.1) is 0 Å². The van der Waals surface area contributed by atoms with E-state index in [0.29, 0.717) is 26.1 Å². The van der Waals surface area contributed by atoms with Gasteiger partial charge in [0.15, 0.2) is 5.78 Å². The van der Waals surface area contributed by atoms with E-state index in [-0.39, 0.29) is 23.3 Å². The number of carbonyl (C=O) groups is 2. The molecule has 1 atom stereocenters. The lowest BCUT2D eigenvalue weighted by Crippen LogP contribution is -2.39. The number of likely N-dealkylation sites (tertiary alicyclic amines) is 1. The minimum absolute atomic E-state index is 0.0960. The molecule has 2 aliphatic rings. The van der Waals surface area contributed by atoms with Crippen LogP contribution in [0.5, 0.6) is 0 Å². The number of hydrogen-bond acceptors (Lipinski definition) is 3. The van der Waals surface area contributed by atoms with E-state index in [4.69, 9.17) is 5.10 Å². The molecule has 0 unspecified atom stereocenters. The van der Waals surface area contributed by atoms with Crippen molar-refractivity contribution in [1.29, 1.82) is 0 Å². The number of nitrogens with zero attached hydrogens (tertiary/aromatic N) is 3. The first-order valence-electron chi connectivity index (χ1n) is 12.2. The van der Waals surface area contributed by atoms with Gasteiger partial charge in [-0.05, 0) is 35.8 Å². The Bertz CT molecular complexity index is 1180. The van der Waals surface area contributed by atoms with Crippen LogP contribution in [0.3, 0.4) is 0 Å². The Morgan fingerprint density at radius 1 is 1.03 bits per heavy atom. The Balaban J connectivity index is 1.45. The summed E-state index contributed by atoms with van der Waals surface area (Å²) >= 11 is 0. The summed E-state index contributed by atoms with van der Waals surface area (Å²) in [4.78, 5) is 28.4. The Hall–Kier alpha value is -3.41. The van der Waals surface area contributed by atoms with Crippen molar-refractivity contribution in [1.82, 2.24) is 20.0 Å². The second-order valence-electron chi connectivity index (χ2n) is 10.3. The van der Waals surface area contributed by atoms with Crippen molar-refractivity contribution in [2.75, 3.05) is 6.54 Å². The van der Waals surface area contributed by atoms with Gasteiger partial charge in [0.2, 0.25) is 0 Å². The largest absolute Gasteiger partial charge is 0.334 e. The summed E-state index contributed by atoms with van der Waals surface area (Å²) in [5.41, 5.74) is 4.66. The van der Waals surface area contributed by atoms with Crippen LogP contribution in [0.4, 0.5) is 4.79 Å². The summed E-state index contributed by atoms with van der Waals surface area (Å²) in [7, 11) is 0. The minimum Gasteiger partial charge on any atom is -0.334 e. The molecule has 2 amide bonds. The third-order valence-electron chi connectivity index (χ3n) is 6.94. The van der Waals surface area contributed by atoms with Crippen LogP contribution < -0.4 is 5.32 Å². The molecule has 1 aliphatic heterocycles. The molecule has 1 N–H and O–H groups in total. The van der Waals surface area contributed by atoms with E-state index in [0.717, 1.165) is 47.3 Å². The summed E-state index contributed by atoms with van der Waals surface area (Å²) in [6, 6.07) is 19.9. The Morgan fingerprint density at radius 3 is 2.41 bits per heavy atom. The van der Waals surface area contributed by atoms with Crippen LogP contribution in [0.15, 0.2) is 60.7 Å². The van der Waals surface area contributed by atoms with Crippen LogP contribution >= 0.6 is 0 Å². The highest BCUT2D eigenvalue weighted by Crippen LogP contribution is 2.41. The average Bonchev–Trinajstić information content (AvgIpc) is 3.43. The lowest BCUT2D eigenvalue weighted by Gasteiger charge is -2.30. The maximum absolute atomic E-state index is 13.4. The third kappa shape index (κ3) is 4.49. The minimum atomic E-state index is -0.174. The number of hydrogen-bond donors (Lipinski definition) is 1. The van der Waals surface area contributed by atoms with Gasteiger partial charge in [-0.25, -0.2) is 4.79 Å². The summed E-state index contributed by atoms with van der Waals surface area (Å²) < 4.78 is 2.01. The van der Waals surface area contributed by atoms with Crippen LogP contribution in [0, 0.1) is 5.41 Å². The van der Waals surface area contributed by atoms with Crippen molar-refractivity contribution < 1.29 is 9.59 Å². The maximum Gasteiger partial charge on any atom is 0.318 e. The van der Waals surface area contributed by atoms with Gasteiger partial charge in [-0.2, -0.15) is 5.10 Å². The zero-order chi connectivity index (χ0) is 23.7. The molecule has 1 aromatic heterocycles. The summed E-state index contributed by atoms with van der Waals surface area (Å²) in [6.45, 7) is 6.07. The smallest absolute Gasteiger partial charge is 0.318 e. The molecule has 3 aromatic rings. The molecule has 34 heavy (non-hydrogen) atoms. The van der Waals surface area contributed by atoms with E-state index in [9.17, 15) is 9.59 Å². The summed E-state index contributed by atoms with van der Waals surface area (Å²) in [5, 5.41) is 8.07. The molecule has 5 rings (SSSR count). The summed E-state index contributed by atoms with van der Waals surface area (Å²) in [5.74, 6) is 0.150. The zero-order valence-electron chi connectivity index (χ0n) is 20.0. The highest BCUT2D eigenvalue weighted by atomic mass is 16.2. The molecule has 176 valence electrons. The van der Waals surface area contributed by atoms with Gasteiger partial charge in [0.25, 0.3) is 0 Å². The lowest BCUT2D eigenvalue weighted by molar-refractivity contribution is 0.0907. The molecule has 2 aromatic carbocycles. The predicted molar refractivity (Wildman–Crippen MR) is 132 cm³/mol. The Labute approximate surface area is 201 Å². The zero-order valence-corrected chi connectivity index (χ0v) is 20.0. The average molecular weight is 457 g/mol. The van der Waals surface area contributed by atoms with Crippen molar-refractivity contribution in [2.45, 2.75) is 58.7 Å². The topological polar surface area (TPSA) is 67.2 Å². The van der Waals surface area contributed by atoms with Crippen molar-refractivity contribution >= 4 is 11.8 Å². The first-order chi connectivity index (χ1) is 16.4. The van der Waals surface area contributed by atoms with E-state index in [2.05, 4.69) is 31.3 Å². The van der Waals surface area contributed by atoms with Gasteiger partial charge < -0.3 is 10.2 Å². The Morgan fingerprint density at radius 2 is 1.71 bits per heavy atom. The molecular formula is C28H32N4O2. The monoisotopic (exact) mass is 456 g/mol. The van der Waals surface area contributed by atoms with E-state index in [1.807, 2.05) is 58.1 Å². The number of aromatic nitrogens is 2. The second-order valence-corrected chi connectivity index (χ2v) is 10.3. The predicted octanol–water partition coefficient (Wildman–Crippen LogP) is 5.13. The van der Waals surface area contributed by atoms with Gasteiger partial charge in [0, 0.05) is 19.5 Å². The van der Waals surface area contributed by atoms with Crippen LogP contribution in [0.25, 0.3) is 0 Å². The number of rotatable bonds is 5. The number of fused-ring (bicyclic) bond motifs is 1. The first kappa shape index (κ1) is 22.4. The van der Waals surface area contributed by atoms with E-state index in [1.54, 1.807) is 0 Å².